The first kappa shape index (κ1) is 15.2. The zero-order valence-corrected chi connectivity index (χ0v) is 13.1. The molecule has 1 aliphatic rings. The Bertz CT molecular complexity index is 431. The average Bonchev–Trinajstić information content (AvgIpc) is 2.71. The minimum absolute atomic E-state index is 0.0121. The van der Waals surface area contributed by atoms with Gasteiger partial charge in [0.15, 0.2) is 0 Å². The van der Waals surface area contributed by atoms with Crippen LogP contribution in [-0.4, -0.2) is 19.7 Å². The Hall–Kier alpha value is -1.22. The second-order valence-electron chi connectivity index (χ2n) is 5.79. The van der Waals surface area contributed by atoms with E-state index in [9.17, 15) is 0 Å². The summed E-state index contributed by atoms with van der Waals surface area (Å²) in [7, 11) is 1.73. The standard InChI is InChI=1S/C17H28N2O/c1-4-14-9-6-5-7-12-19(14)15-10-8-11-16(20-3)17(15)13(2)18/h8,10-11,13-14H,4-7,9,12,18H2,1-3H3/t13-,14?/m0/s1. The highest BCUT2D eigenvalue weighted by Gasteiger charge is 2.24. The summed E-state index contributed by atoms with van der Waals surface area (Å²) in [5.74, 6) is 0.914. The lowest BCUT2D eigenvalue weighted by molar-refractivity contribution is 0.406. The van der Waals surface area contributed by atoms with Crippen LogP contribution in [0.3, 0.4) is 0 Å². The molecule has 2 N–H and O–H groups in total. The van der Waals surface area contributed by atoms with Crippen molar-refractivity contribution in [2.24, 2.45) is 5.73 Å². The van der Waals surface area contributed by atoms with Crippen LogP contribution in [0.1, 0.15) is 57.6 Å². The van der Waals surface area contributed by atoms with Crippen molar-refractivity contribution in [2.75, 3.05) is 18.6 Å². The summed E-state index contributed by atoms with van der Waals surface area (Å²) in [5, 5.41) is 0. The topological polar surface area (TPSA) is 38.5 Å². The Morgan fingerprint density at radius 2 is 2.15 bits per heavy atom. The largest absolute Gasteiger partial charge is 0.496 e. The van der Waals surface area contributed by atoms with Crippen LogP contribution < -0.4 is 15.4 Å². The lowest BCUT2D eigenvalue weighted by Gasteiger charge is -2.34. The molecule has 3 heteroatoms. The summed E-state index contributed by atoms with van der Waals surface area (Å²) < 4.78 is 5.53. The molecule has 1 unspecified atom stereocenters. The van der Waals surface area contributed by atoms with E-state index in [1.54, 1.807) is 7.11 Å². The molecule has 1 aromatic carbocycles. The van der Waals surface area contributed by atoms with Gasteiger partial charge in [-0.3, -0.25) is 0 Å². The van der Waals surface area contributed by atoms with Gasteiger partial charge >= 0.3 is 0 Å². The van der Waals surface area contributed by atoms with Crippen LogP contribution in [0.2, 0.25) is 0 Å². The monoisotopic (exact) mass is 276 g/mol. The third-order valence-corrected chi connectivity index (χ3v) is 4.38. The van der Waals surface area contributed by atoms with E-state index in [2.05, 4.69) is 24.0 Å². The van der Waals surface area contributed by atoms with E-state index < -0.39 is 0 Å². The van der Waals surface area contributed by atoms with Crippen molar-refractivity contribution in [3.8, 4) is 5.75 Å². The highest BCUT2D eigenvalue weighted by Crippen LogP contribution is 2.36. The SMILES string of the molecule is CCC1CCCCCN1c1cccc(OC)c1[C@H](C)N. The number of nitrogens with two attached hydrogens (primary N) is 1. The smallest absolute Gasteiger partial charge is 0.125 e. The van der Waals surface area contributed by atoms with Crippen LogP contribution in [0.5, 0.6) is 5.75 Å². The highest BCUT2D eigenvalue weighted by molar-refractivity contribution is 5.61. The van der Waals surface area contributed by atoms with Crippen molar-refractivity contribution < 1.29 is 4.74 Å². The van der Waals surface area contributed by atoms with Gasteiger partial charge in [-0.25, -0.2) is 0 Å². The van der Waals surface area contributed by atoms with Crippen LogP contribution in [0.15, 0.2) is 18.2 Å². The van der Waals surface area contributed by atoms with Gasteiger partial charge in [-0.2, -0.15) is 0 Å². The van der Waals surface area contributed by atoms with Crippen LogP contribution in [0, 0.1) is 0 Å². The molecular weight excluding hydrogens is 248 g/mol. The van der Waals surface area contributed by atoms with E-state index in [0.29, 0.717) is 6.04 Å². The number of hydrogen-bond donors (Lipinski definition) is 1. The van der Waals surface area contributed by atoms with E-state index in [1.807, 2.05) is 13.0 Å². The fourth-order valence-electron chi connectivity index (χ4n) is 3.34. The van der Waals surface area contributed by atoms with Crippen molar-refractivity contribution in [3.63, 3.8) is 0 Å². The molecule has 0 saturated carbocycles. The number of ether oxygens (including phenoxy) is 1. The predicted octanol–water partition coefficient (Wildman–Crippen LogP) is 3.87. The molecule has 1 saturated heterocycles. The molecule has 0 aliphatic carbocycles. The molecule has 2 rings (SSSR count). The van der Waals surface area contributed by atoms with Crippen molar-refractivity contribution in [2.45, 2.75) is 58.0 Å². The summed E-state index contributed by atoms with van der Waals surface area (Å²) in [5.41, 5.74) is 8.64. The number of nitrogens with zero attached hydrogens (tertiary/aromatic N) is 1. The van der Waals surface area contributed by atoms with E-state index in [1.165, 1.54) is 37.8 Å². The van der Waals surface area contributed by atoms with Crippen molar-refractivity contribution in [3.05, 3.63) is 23.8 Å². The third-order valence-electron chi connectivity index (χ3n) is 4.38. The maximum absolute atomic E-state index is 6.22. The van der Waals surface area contributed by atoms with Gasteiger partial charge in [0.1, 0.15) is 5.75 Å². The Morgan fingerprint density at radius 3 is 2.80 bits per heavy atom. The number of anilines is 1. The minimum atomic E-state index is -0.0121. The van der Waals surface area contributed by atoms with Gasteiger partial charge in [-0.05, 0) is 38.3 Å². The van der Waals surface area contributed by atoms with Gasteiger partial charge in [-0.15, -0.1) is 0 Å². The summed E-state index contributed by atoms with van der Waals surface area (Å²) in [6.07, 6.45) is 6.42. The Labute approximate surface area is 123 Å². The van der Waals surface area contributed by atoms with Gasteiger partial charge < -0.3 is 15.4 Å². The molecule has 1 heterocycles. The summed E-state index contributed by atoms with van der Waals surface area (Å²) >= 11 is 0. The molecule has 20 heavy (non-hydrogen) atoms. The van der Waals surface area contributed by atoms with Crippen LogP contribution >= 0.6 is 0 Å². The van der Waals surface area contributed by atoms with Gasteiger partial charge in [0.2, 0.25) is 0 Å². The van der Waals surface area contributed by atoms with Gasteiger partial charge in [-0.1, -0.05) is 25.8 Å². The fourth-order valence-corrected chi connectivity index (χ4v) is 3.34. The van der Waals surface area contributed by atoms with E-state index >= 15 is 0 Å². The maximum atomic E-state index is 6.22. The lowest BCUT2D eigenvalue weighted by atomic mass is 10.0. The molecule has 0 amide bonds. The molecule has 112 valence electrons. The first-order valence-corrected chi connectivity index (χ1v) is 7.88. The first-order chi connectivity index (χ1) is 9.69. The van der Waals surface area contributed by atoms with Gasteiger partial charge in [0.05, 0.1) is 7.11 Å². The second-order valence-corrected chi connectivity index (χ2v) is 5.79. The molecule has 1 fully saturated rings. The molecule has 1 aromatic rings. The van der Waals surface area contributed by atoms with Crippen molar-refractivity contribution in [1.82, 2.24) is 0 Å². The molecule has 2 atom stereocenters. The van der Waals surface area contributed by atoms with E-state index in [-0.39, 0.29) is 6.04 Å². The number of methoxy groups -OCH3 is 1. The minimum Gasteiger partial charge on any atom is -0.496 e. The van der Waals surface area contributed by atoms with Crippen molar-refractivity contribution >= 4 is 5.69 Å². The molecule has 0 spiro atoms. The van der Waals surface area contributed by atoms with Crippen LogP contribution in [0.4, 0.5) is 5.69 Å². The molecule has 0 aromatic heterocycles. The zero-order valence-electron chi connectivity index (χ0n) is 13.1. The third kappa shape index (κ3) is 3.09. The summed E-state index contributed by atoms with van der Waals surface area (Å²) in [6, 6.07) is 6.91. The summed E-state index contributed by atoms with van der Waals surface area (Å²) in [4.78, 5) is 2.56. The van der Waals surface area contributed by atoms with Gasteiger partial charge in [0, 0.05) is 29.9 Å². The Balaban J connectivity index is 2.43. The zero-order chi connectivity index (χ0) is 14.5. The molecular formula is C17H28N2O. The fraction of sp³-hybridized carbons (Fsp3) is 0.647. The molecule has 3 nitrogen and oxygen atoms in total. The van der Waals surface area contributed by atoms with Crippen molar-refractivity contribution in [1.29, 1.82) is 0 Å². The number of hydrogen-bond acceptors (Lipinski definition) is 3. The summed E-state index contributed by atoms with van der Waals surface area (Å²) in [6.45, 7) is 5.46. The molecule has 1 aliphatic heterocycles. The predicted molar refractivity (Wildman–Crippen MR) is 85.5 cm³/mol. The molecule has 0 bridgehead atoms. The average molecular weight is 276 g/mol. The Morgan fingerprint density at radius 1 is 1.35 bits per heavy atom. The number of rotatable bonds is 4. The van der Waals surface area contributed by atoms with Crippen LogP contribution in [-0.2, 0) is 0 Å². The first-order valence-electron chi connectivity index (χ1n) is 7.88. The van der Waals surface area contributed by atoms with Crippen LogP contribution in [0.25, 0.3) is 0 Å². The lowest BCUT2D eigenvalue weighted by Crippen LogP contribution is -2.35. The maximum Gasteiger partial charge on any atom is 0.125 e. The normalized spacial score (nSPS) is 21.4. The quantitative estimate of drug-likeness (QED) is 0.907. The Kier molecular flexibility index (Phi) is 5.30. The van der Waals surface area contributed by atoms with E-state index in [0.717, 1.165) is 17.9 Å². The van der Waals surface area contributed by atoms with Gasteiger partial charge in [0.25, 0.3) is 0 Å². The number of benzene rings is 1. The highest BCUT2D eigenvalue weighted by atomic mass is 16.5. The second kappa shape index (κ2) is 6.98. The molecule has 0 radical (unpaired) electrons. The van der Waals surface area contributed by atoms with E-state index in [4.69, 9.17) is 10.5 Å².